The van der Waals surface area contributed by atoms with Gasteiger partial charge in [0.05, 0.1) is 5.92 Å². The van der Waals surface area contributed by atoms with E-state index < -0.39 is 11.7 Å². The molecule has 1 saturated heterocycles. The van der Waals surface area contributed by atoms with Crippen LogP contribution in [0.4, 0.5) is 0 Å². The molecule has 1 amide bonds. The minimum Gasteiger partial charge on any atom is -0.440 e. The lowest BCUT2D eigenvalue weighted by atomic mass is 9.96. The lowest BCUT2D eigenvalue weighted by Gasteiger charge is -2.30. The highest BCUT2D eigenvalue weighted by Crippen LogP contribution is 2.29. The van der Waals surface area contributed by atoms with Crippen molar-refractivity contribution >= 4 is 22.8 Å². The van der Waals surface area contributed by atoms with Crippen molar-refractivity contribution in [3.05, 3.63) is 65.0 Å². The summed E-state index contributed by atoms with van der Waals surface area (Å²) < 4.78 is 5.90. The number of hydrogen-bond donors (Lipinski definition) is 0. The number of ketones is 1. The Bertz CT molecular complexity index is 1040. The molecular formula is C23H22N2O3. The zero-order valence-corrected chi connectivity index (χ0v) is 15.7. The molecule has 142 valence electrons. The summed E-state index contributed by atoms with van der Waals surface area (Å²) >= 11 is 0. The van der Waals surface area contributed by atoms with Crippen LogP contribution in [0, 0.1) is 0 Å². The number of oxazole rings is 1. The van der Waals surface area contributed by atoms with Crippen molar-refractivity contribution in [2.75, 3.05) is 13.1 Å². The molecule has 0 radical (unpaired) electrons. The van der Waals surface area contributed by atoms with E-state index in [1.807, 2.05) is 36.4 Å². The third kappa shape index (κ3) is 3.01. The Labute approximate surface area is 163 Å². The largest absolute Gasteiger partial charge is 0.440 e. The first-order chi connectivity index (χ1) is 13.7. The number of nitrogens with zero attached hydrogens (tertiary/aromatic N) is 2. The molecule has 0 bridgehead atoms. The lowest BCUT2D eigenvalue weighted by Crippen LogP contribution is -2.42. The van der Waals surface area contributed by atoms with Gasteiger partial charge in [-0.25, -0.2) is 4.98 Å². The van der Waals surface area contributed by atoms with Gasteiger partial charge in [0.1, 0.15) is 5.52 Å². The van der Waals surface area contributed by atoms with Crippen LogP contribution in [0.3, 0.4) is 0 Å². The first-order valence-corrected chi connectivity index (χ1v) is 10.00. The third-order valence-electron chi connectivity index (χ3n) is 5.92. The van der Waals surface area contributed by atoms with Crippen LogP contribution in [-0.2, 0) is 17.6 Å². The number of para-hydroxylation sites is 2. The number of rotatable bonds is 3. The highest BCUT2D eigenvalue weighted by atomic mass is 16.3. The standard InChI is InChI=1S/C23H22N2O3/c26-21(17-11-10-15-5-3-6-16(15)13-17)23(27)25-12-4-7-18(14-25)22-24-19-8-1-2-9-20(19)28-22/h1-2,8-11,13,18H,3-7,12,14H2/t18-/m1/s1. The van der Waals surface area contributed by atoms with Crippen LogP contribution in [0.2, 0.25) is 0 Å². The van der Waals surface area contributed by atoms with Gasteiger partial charge >= 0.3 is 0 Å². The number of aromatic nitrogens is 1. The normalized spacial score (nSPS) is 19.0. The van der Waals surface area contributed by atoms with E-state index in [-0.39, 0.29) is 5.92 Å². The maximum absolute atomic E-state index is 12.9. The monoisotopic (exact) mass is 374 g/mol. The van der Waals surface area contributed by atoms with Gasteiger partial charge in [0, 0.05) is 18.7 Å². The number of aryl methyl sites for hydroxylation is 2. The van der Waals surface area contributed by atoms with Gasteiger partial charge in [0.15, 0.2) is 11.5 Å². The Morgan fingerprint density at radius 1 is 1.04 bits per heavy atom. The van der Waals surface area contributed by atoms with Crippen LogP contribution in [0.1, 0.15) is 52.6 Å². The maximum Gasteiger partial charge on any atom is 0.294 e. The van der Waals surface area contributed by atoms with Crippen LogP contribution in [0.5, 0.6) is 0 Å². The number of carbonyl (C=O) groups excluding carboxylic acids is 2. The summed E-state index contributed by atoms with van der Waals surface area (Å²) in [5.74, 6) is -0.145. The molecule has 0 unspecified atom stereocenters. The Morgan fingerprint density at radius 3 is 2.79 bits per heavy atom. The first-order valence-electron chi connectivity index (χ1n) is 10.00. The number of fused-ring (bicyclic) bond motifs is 2. The minimum atomic E-state index is -0.418. The second kappa shape index (κ2) is 6.89. The van der Waals surface area contributed by atoms with Gasteiger partial charge in [-0.05, 0) is 61.4 Å². The second-order valence-electron chi connectivity index (χ2n) is 7.78. The zero-order valence-electron chi connectivity index (χ0n) is 15.7. The van der Waals surface area contributed by atoms with Gasteiger partial charge in [-0.3, -0.25) is 9.59 Å². The number of benzene rings is 2. The number of likely N-dealkylation sites (tertiary alicyclic amines) is 1. The fourth-order valence-electron chi connectivity index (χ4n) is 4.41. The van der Waals surface area contributed by atoms with E-state index in [0.29, 0.717) is 24.5 Å². The van der Waals surface area contributed by atoms with Crippen molar-refractivity contribution in [2.45, 2.75) is 38.0 Å². The van der Waals surface area contributed by atoms with Gasteiger partial charge in [-0.2, -0.15) is 0 Å². The number of piperidine rings is 1. The topological polar surface area (TPSA) is 63.4 Å². The molecule has 2 aromatic carbocycles. The molecule has 5 heteroatoms. The summed E-state index contributed by atoms with van der Waals surface area (Å²) in [5.41, 5.74) is 4.61. The predicted octanol–water partition coefficient (Wildman–Crippen LogP) is 3.91. The van der Waals surface area contributed by atoms with Crippen LogP contribution < -0.4 is 0 Å². The quantitative estimate of drug-likeness (QED) is 0.515. The Balaban J connectivity index is 1.34. The van der Waals surface area contributed by atoms with E-state index in [0.717, 1.165) is 43.2 Å². The summed E-state index contributed by atoms with van der Waals surface area (Å²) in [6.45, 7) is 1.08. The van der Waals surface area contributed by atoms with Gasteiger partial charge in [-0.1, -0.05) is 24.3 Å². The van der Waals surface area contributed by atoms with Gasteiger partial charge < -0.3 is 9.32 Å². The van der Waals surface area contributed by atoms with E-state index in [4.69, 9.17) is 4.42 Å². The Morgan fingerprint density at radius 2 is 1.89 bits per heavy atom. The zero-order chi connectivity index (χ0) is 19.1. The average Bonchev–Trinajstić information content (AvgIpc) is 3.39. The molecule has 1 aliphatic carbocycles. The fourth-order valence-corrected chi connectivity index (χ4v) is 4.41. The fraction of sp³-hybridized carbons (Fsp3) is 0.348. The van der Waals surface area contributed by atoms with Crippen molar-refractivity contribution in [1.82, 2.24) is 9.88 Å². The molecule has 1 atom stereocenters. The van der Waals surface area contributed by atoms with Crippen molar-refractivity contribution in [2.24, 2.45) is 0 Å². The van der Waals surface area contributed by atoms with E-state index in [9.17, 15) is 9.59 Å². The molecule has 2 heterocycles. The Kier molecular flexibility index (Phi) is 4.23. The molecule has 1 aromatic heterocycles. The van der Waals surface area contributed by atoms with E-state index in [1.54, 1.807) is 11.0 Å². The highest BCUT2D eigenvalue weighted by Gasteiger charge is 2.31. The maximum atomic E-state index is 12.9. The molecule has 0 saturated carbocycles. The summed E-state index contributed by atoms with van der Waals surface area (Å²) in [6.07, 6.45) is 4.93. The van der Waals surface area contributed by atoms with Crippen LogP contribution in [0.15, 0.2) is 46.9 Å². The van der Waals surface area contributed by atoms with Crippen molar-refractivity contribution < 1.29 is 14.0 Å². The van der Waals surface area contributed by atoms with Crippen LogP contribution in [-0.4, -0.2) is 34.7 Å². The number of hydrogen-bond acceptors (Lipinski definition) is 4. The summed E-state index contributed by atoms with van der Waals surface area (Å²) in [4.78, 5) is 31.9. The summed E-state index contributed by atoms with van der Waals surface area (Å²) in [6, 6.07) is 13.4. The van der Waals surface area contributed by atoms with Gasteiger partial charge in [0.25, 0.3) is 5.91 Å². The summed E-state index contributed by atoms with van der Waals surface area (Å²) in [5, 5.41) is 0. The molecule has 5 nitrogen and oxygen atoms in total. The number of amides is 1. The molecule has 0 spiro atoms. The lowest BCUT2D eigenvalue weighted by molar-refractivity contribution is -0.127. The molecular weight excluding hydrogens is 352 g/mol. The van der Waals surface area contributed by atoms with Crippen LogP contribution >= 0.6 is 0 Å². The van der Waals surface area contributed by atoms with E-state index in [1.165, 1.54) is 11.1 Å². The van der Waals surface area contributed by atoms with E-state index >= 15 is 0 Å². The van der Waals surface area contributed by atoms with Crippen molar-refractivity contribution in [3.63, 3.8) is 0 Å². The summed E-state index contributed by atoms with van der Waals surface area (Å²) in [7, 11) is 0. The predicted molar refractivity (Wildman–Crippen MR) is 105 cm³/mol. The third-order valence-corrected chi connectivity index (χ3v) is 5.92. The molecule has 3 aromatic rings. The van der Waals surface area contributed by atoms with Gasteiger partial charge in [0.2, 0.25) is 5.78 Å². The molecule has 28 heavy (non-hydrogen) atoms. The minimum absolute atomic E-state index is 0.0259. The second-order valence-corrected chi connectivity index (χ2v) is 7.78. The number of carbonyl (C=O) groups is 2. The molecule has 1 aliphatic heterocycles. The van der Waals surface area contributed by atoms with E-state index in [2.05, 4.69) is 4.98 Å². The molecule has 0 N–H and O–H groups in total. The molecule has 2 aliphatic rings. The Hall–Kier alpha value is -2.95. The highest BCUT2D eigenvalue weighted by molar-refractivity contribution is 6.42. The molecule has 5 rings (SSSR count). The smallest absolute Gasteiger partial charge is 0.294 e. The SMILES string of the molecule is O=C(C(=O)N1CCC[C@@H](c2nc3ccccc3o2)C1)c1ccc2c(c1)CCC2. The van der Waals surface area contributed by atoms with Crippen molar-refractivity contribution in [3.8, 4) is 0 Å². The van der Waals surface area contributed by atoms with Gasteiger partial charge in [-0.15, -0.1) is 0 Å². The molecule has 1 fully saturated rings. The van der Waals surface area contributed by atoms with Crippen molar-refractivity contribution in [1.29, 1.82) is 0 Å². The van der Waals surface area contributed by atoms with Crippen LogP contribution in [0.25, 0.3) is 11.1 Å². The average molecular weight is 374 g/mol. The number of Topliss-reactive ketones (excluding diaryl/α,β-unsaturated/α-hetero) is 1. The first kappa shape index (κ1) is 17.2.